The second kappa shape index (κ2) is 7.79. The van der Waals surface area contributed by atoms with Gasteiger partial charge in [-0.2, -0.15) is 0 Å². The van der Waals surface area contributed by atoms with Crippen molar-refractivity contribution in [2.75, 3.05) is 13.1 Å². The van der Waals surface area contributed by atoms with Crippen LogP contribution in [0.4, 0.5) is 0 Å². The molecule has 3 aromatic rings. The maximum atomic E-state index is 11.5. The molecule has 6 heteroatoms. The van der Waals surface area contributed by atoms with Crippen LogP contribution in [-0.4, -0.2) is 43.8 Å². The number of aromatic nitrogens is 3. The Hall–Kier alpha value is -2.99. The van der Waals surface area contributed by atoms with Gasteiger partial charge in [-0.1, -0.05) is 49.4 Å². The molecule has 0 spiro atoms. The van der Waals surface area contributed by atoms with Gasteiger partial charge < -0.3 is 9.67 Å². The van der Waals surface area contributed by atoms with Gasteiger partial charge in [0.05, 0.1) is 5.56 Å². The van der Waals surface area contributed by atoms with Crippen molar-refractivity contribution in [3.05, 3.63) is 71.8 Å². The molecule has 1 aromatic heterocycles. The molecular formula is C23H26N4O2. The Morgan fingerprint density at radius 1 is 1.10 bits per heavy atom. The quantitative estimate of drug-likeness (QED) is 0.719. The summed E-state index contributed by atoms with van der Waals surface area (Å²) in [5.41, 5.74) is 3.33. The smallest absolute Gasteiger partial charge is 0.336 e. The summed E-state index contributed by atoms with van der Waals surface area (Å²) in [7, 11) is 2.01. The predicted octanol–water partition coefficient (Wildman–Crippen LogP) is 3.73. The van der Waals surface area contributed by atoms with Crippen LogP contribution in [0.2, 0.25) is 0 Å². The number of hydrogen-bond donors (Lipinski definition) is 1. The zero-order valence-corrected chi connectivity index (χ0v) is 16.9. The van der Waals surface area contributed by atoms with Gasteiger partial charge in [-0.15, -0.1) is 10.2 Å². The first-order valence-corrected chi connectivity index (χ1v) is 9.95. The Kier molecular flexibility index (Phi) is 5.20. The summed E-state index contributed by atoms with van der Waals surface area (Å²) < 4.78 is 2.03. The summed E-state index contributed by atoms with van der Waals surface area (Å²) in [6.07, 6.45) is 3.89. The fourth-order valence-electron chi connectivity index (χ4n) is 4.23. The SMILES string of the molecule is Cn1cnnc1C1(C)CCN(Cc2ccc(-c3ccccc3C(=O)O)cc2)CC1. The highest BCUT2D eigenvalue weighted by Crippen LogP contribution is 2.34. The lowest BCUT2D eigenvalue weighted by Crippen LogP contribution is -2.41. The minimum absolute atomic E-state index is 0.0755. The second-order valence-electron chi connectivity index (χ2n) is 8.15. The first-order valence-electron chi connectivity index (χ1n) is 9.95. The van der Waals surface area contributed by atoms with E-state index in [1.165, 1.54) is 5.56 Å². The topological polar surface area (TPSA) is 71.2 Å². The Bertz CT molecular complexity index is 1000. The van der Waals surface area contributed by atoms with E-state index in [2.05, 4.69) is 34.2 Å². The molecule has 1 fully saturated rings. The van der Waals surface area contributed by atoms with E-state index in [-0.39, 0.29) is 5.41 Å². The van der Waals surface area contributed by atoms with E-state index >= 15 is 0 Å². The van der Waals surface area contributed by atoms with E-state index in [1.54, 1.807) is 18.5 Å². The van der Waals surface area contributed by atoms with Crippen LogP contribution in [0.1, 0.15) is 41.5 Å². The zero-order chi connectivity index (χ0) is 20.4. The van der Waals surface area contributed by atoms with E-state index < -0.39 is 5.97 Å². The first-order chi connectivity index (χ1) is 14.0. The molecule has 150 valence electrons. The number of piperidine rings is 1. The Labute approximate surface area is 170 Å². The lowest BCUT2D eigenvalue weighted by molar-refractivity contribution is 0.0697. The fourth-order valence-corrected chi connectivity index (χ4v) is 4.23. The molecule has 0 amide bonds. The van der Waals surface area contributed by atoms with Crippen LogP contribution in [0.25, 0.3) is 11.1 Å². The number of benzene rings is 2. The molecule has 0 atom stereocenters. The van der Waals surface area contributed by atoms with Gasteiger partial charge in [-0.25, -0.2) is 4.79 Å². The van der Waals surface area contributed by atoms with Gasteiger partial charge in [0.1, 0.15) is 12.2 Å². The minimum atomic E-state index is -0.899. The van der Waals surface area contributed by atoms with Crippen LogP contribution in [0, 0.1) is 0 Å². The van der Waals surface area contributed by atoms with Crippen LogP contribution >= 0.6 is 0 Å². The summed E-state index contributed by atoms with van der Waals surface area (Å²) in [5.74, 6) is 0.169. The Balaban J connectivity index is 1.42. The maximum Gasteiger partial charge on any atom is 0.336 e. The highest BCUT2D eigenvalue weighted by Gasteiger charge is 2.35. The van der Waals surface area contributed by atoms with Crippen molar-refractivity contribution in [1.29, 1.82) is 0 Å². The molecule has 1 saturated heterocycles. The number of rotatable bonds is 5. The summed E-state index contributed by atoms with van der Waals surface area (Å²) in [5, 5.41) is 17.8. The van der Waals surface area contributed by atoms with E-state index in [0.717, 1.165) is 49.4 Å². The van der Waals surface area contributed by atoms with Crippen LogP contribution < -0.4 is 0 Å². The van der Waals surface area contributed by atoms with Gasteiger partial charge >= 0.3 is 5.97 Å². The third kappa shape index (κ3) is 3.93. The van der Waals surface area contributed by atoms with Gasteiger partial charge in [0.15, 0.2) is 0 Å². The van der Waals surface area contributed by atoms with Gasteiger partial charge in [0.25, 0.3) is 0 Å². The summed E-state index contributed by atoms with van der Waals surface area (Å²) in [6.45, 7) is 5.22. The van der Waals surface area contributed by atoms with Crippen molar-refractivity contribution in [2.24, 2.45) is 7.05 Å². The first kappa shape index (κ1) is 19.3. The highest BCUT2D eigenvalue weighted by atomic mass is 16.4. The largest absolute Gasteiger partial charge is 0.478 e. The lowest BCUT2D eigenvalue weighted by Gasteiger charge is -2.38. The molecule has 2 heterocycles. The molecular weight excluding hydrogens is 364 g/mol. The third-order valence-electron chi connectivity index (χ3n) is 6.04. The van der Waals surface area contributed by atoms with Crippen molar-refractivity contribution >= 4 is 5.97 Å². The summed E-state index contributed by atoms with van der Waals surface area (Å²) >= 11 is 0. The van der Waals surface area contributed by atoms with Gasteiger partial charge in [-0.3, -0.25) is 4.90 Å². The average Bonchev–Trinajstić information content (AvgIpc) is 3.17. The van der Waals surface area contributed by atoms with Crippen LogP contribution in [0.5, 0.6) is 0 Å². The monoisotopic (exact) mass is 390 g/mol. The molecule has 1 aliphatic heterocycles. The van der Waals surface area contributed by atoms with E-state index in [9.17, 15) is 9.90 Å². The number of likely N-dealkylation sites (tertiary alicyclic amines) is 1. The van der Waals surface area contributed by atoms with Crippen molar-refractivity contribution < 1.29 is 9.90 Å². The molecule has 1 N–H and O–H groups in total. The predicted molar refractivity (Wildman–Crippen MR) is 112 cm³/mol. The van der Waals surface area contributed by atoms with Crippen LogP contribution in [0.3, 0.4) is 0 Å². The number of nitrogens with zero attached hydrogens (tertiary/aromatic N) is 4. The van der Waals surface area contributed by atoms with Crippen molar-refractivity contribution in [2.45, 2.75) is 31.7 Å². The van der Waals surface area contributed by atoms with Gasteiger partial charge in [-0.05, 0) is 48.7 Å². The second-order valence-corrected chi connectivity index (χ2v) is 8.15. The van der Waals surface area contributed by atoms with E-state index in [0.29, 0.717) is 5.56 Å². The van der Waals surface area contributed by atoms with Crippen molar-refractivity contribution in [1.82, 2.24) is 19.7 Å². The molecule has 29 heavy (non-hydrogen) atoms. The number of hydrogen-bond acceptors (Lipinski definition) is 4. The number of aromatic carboxylic acids is 1. The molecule has 0 saturated carbocycles. The lowest BCUT2D eigenvalue weighted by atomic mass is 9.79. The number of carboxylic acid groups (broad SMARTS) is 1. The standard InChI is InChI=1S/C23H26N4O2/c1-23(22-25-24-16-26(22)2)11-13-27(14-12-23)15-17-7-9-18(10-8-17)19-5-3-4-6-20(19)21(28)29/h3-10,16H,11-15H2,1-2H3,(H,28,29). The minimum Gasteiger partial charge on any atom is -0.478 e. The van der Waals surface area contributed by atoms with Crippen LogP contribution in [0.15, 0.2) is 54.9 Å². The number of aryl methyl sites for hydroxylation is 1. The average molecular weight is 390 g/mol. The highest BCUT2D eigenvalue weighted by molar-refractivity contribution is 5.95. The molecule has 0 radical (unpaired) electrons. The number of carbonyl (C=O) groups is 1. The van der Waals surface area contributed by atoms with Gasteiger partial charge in [0.2, 0.25) is 0 Å². The molecule has 0 bridgehead atoms. The van der Waals surface area contributed by atoms with Crippen molar-refractivity contribution in [3.8, 4) is 11.1 Å². The number of carboxylic acids is 1. The summed E-state index contributed by atoms with van der Waals surface area (Å²) in [4.78, 5) is 13.9. The molecule has 6 nitrogen and oxygen atoms in total. The Morgan fingerprint density at radius 2 is 1.79 bits per heavy atom. The van der Waals surface area contributed by atoms with Gasteiger partial charge in [0, 0.05) is 19.0 Å². The Morgan fingerprint density at radius 3 is 2.41 bits per heavy atom. The van der Waals surface area contributed by atoms with Crippen LogP contribution in [-0.2, 0) is 19.0 Å². The molecule has 0 aliphatic carbocycles. The summed E-state index contributed by atoms with van der Waals surface area (Å²) in [6, 6.07) is 15.4. The zero-order valence-electron chi connectivity index (χ0n) is 16.9. The van der Waals surface area contributed by atoms with Crippen molar-refractivity contribution in [3.63, 3.8) is 0 Å². The normalized spacial score (nSPS) is 16.6. The van der Waals surface area contributed by atoms with E-state index in [4.69, 9.17) is 0 Å². The molecule has 2 aromatic carbocycles. The molecule has 4 rings (SSSR count). The molecule has 1 aliphatic rings. The molecule has 0 unspecified atom stereocenters. The fraction of sp³-hybridized carbons (Fsp3) is 0.348. The third-order valence-corrected chi connectivity index (χ3v) is 6.04. The maximum absolute atomic E-state index is 11.5. The van der Waals surface area contributed by atoms with E-state index in [1.807, 2.05) is 35.9 Å².